The Balaban J connectivity index is 1.54. The number of nitrogen functional groups attached to an aromatic ring is 1. The van der Waals surface area contributed by atoms with E-state index in [1.807, 2.05) is 23.6 Å². The second-order valence-electron chi connectivity index (χ2n) is 8.26. The van der Waals surface area contributed by atoms with Crippen LogP contribution in [-0.4, -0.2) is 43.0 Å². The van der Waals surface area contributed by atoms with Crippen molar-refractivity contribution < 1.29 is 19.0 Å². The summed E-state index contributed by atoms with van der Waals surface area (Å²) in [5, 5.41) is 26.0. The highest BCUT2D eigenvalue weighted by molar-refractivity contribution is 7.99. The fraction of sp³-hybridized carbons (Fsp3) is 0.179. The van der Waals surface area contributed by atoms with Gasteiger partial charge in [-0.05, 0) is 29.8 Å². The number of ether oxygens (including phenoxy) is 3. The van der Waals surface area contributed by atoms with Crippen LogP contribution in [0.3, 0.4) is 0 Å². The number of thiazole rings is 1. The molecule has 2 aromatic carbocycles. The normalized spacial score (nSPS) is 10.4. The van der Waals surface area contributed by atoms with Crippen LogP contribution in [0.4, 0.5) is 10.9 Å². The lowest BCUT2D eigenvalue weighted by atomic mass is 9.96. The van der Waals surface area contributed by atoms with E-state index in [-0.39, 0.29) is 34.8 Å². The van der Waals surface area contributed by atoms with Crippen LogP contribution < -0.4 is 25.3 Å². The molecule has 13 heteroatoms. The number of amides is 1. The summed E-state index contributed by atoms with van der Waals surface area (Å²) < 4.78 is 16.3. The van der Waals surface area contributed by atoms with Crippen molar-refractivity contribution in [3.63, 3.8) is 0 Å². The molecular weight excluding hydrogens is 584 g/mol. The molecule has 2 heterocycles. The molecule has 0 unspecified atom stereocenters. The predicted octanol–water partition coefficient (Wildman–Crippen LogP) is 6.00. The number of carbonyl (C=O) groups excluding carboxylic acids is 1. The van der Waals surface area contributed by atoms with Crippen molar-refractivity contribution in [2.24, 2.45) is 0 Å². The topological polar surface area (TPSA) is 156 Å². The second kappa shape index (κ2) is 13.2. The number of benzene rings is 2. The first-order valence-electron chi connectivity index (χ1n) is 11.9. The SMILES string of the molecule is COc1cc(-c2c(C#N)c(N)nc(SCCC(=O)Nc3nc(-c4ccc(Cl)cc4)cs3)c2C#N)cc(OC)c1OC. The Kier molecular flexibility index (Phi) is 9.53. The molecule has 0 bridgehead atoms. The number of hydrogen-bond acceptors (Lipinski definition) is 11. The third-order valence-corrected chi connectivity index (χ3v) is 7.81. The van der Waals surface area contributed by atoms with Crippen LogP contribution in [0.25, 0.3) is 22.4 Å². The van der Waals surface area contributed by atoms with Gasteiger partial charge in [0.1, 0.15) is 28.5 Å². The summed E-state index contributed by atoms with van der Waals surface area (Å²) in [5.74, 6) is 1.05. The van der Waals surface area contributed by atoms with Crippen molar-refractivity contribution in [3.8, 4) is 51.8 Å². The standard InChI is InChI=1S/C28H23ClN6O4S2/c1-37-21-10-16(11-22(38-2)25(21)39-3)24-18(12-30)26(32)35-27(19(24)13-31)40-9-8-23(36)34-28-33-20(14-41-28)15-4-6-17(29)7-5-15/h4-7,10-11,14H,8-9H2,1-3H3,(H2,32,35)(H,33,34,36). The molecule has 0 aliphatic heterocycles. The average molecular weight is 607 g/mol. The van der Waals surface area contributed by atoms with E-state index in [1.165, 1.54) is 44.4 Å². The summed E-state index contributed by atoms with van der Waals surface area (Å²) in [6.07, 6.45) is 0.118. The number of rotatable bonds is 10. The molecule has 3 N–H and O–H groups in total. The number of pyridine rings is 1. The Bertz CT molecular complexity index is 1650. The molecule has 4 aromatic rings. The monoisotopic (exact) mass is 606 g/mol. The van der Waals surface area contributed by atoms with Crippen molar-refractivity contribution in [2.75, 3.05) is 38.1 Å². The Labute approximate surface area is 249 Å². The summed E-state index contributed by atoms with van der Waals surface area (Å²) in [6.45, 7) is 0. The van der Waals surface area contributed by atoms with Crippen LogP contribution in [0, 0.1) is 22.7 Å². The number of aromatic nitrogens is 2. The fourth-order valence-electron chi connectivity index (χ4n) is 3.92. The van der Waals surface area contributed by atoms with Crippen LogP contribution >= 0.6 is 34.7 Å². The minimum Gasteiger partial charge on any atom is -0.493 e. The molecule has 10 nitrogen and oxygen atoms in total. The van der Waals surface area contributed by atoms with E-state index in [9.17, 15) is 15.3 Å². The number of nitriles is 2. The van der Waals surface area contributed by atoms with Gasteiger partial charge in [-0.2, -0.15) is 10.5 Å². The van der Waals surface area contributed by atoms with Gasteiger partial charge >= 0.3 is 0 Å². The van der Waals surface area contributed by atoms with Crippen LogP contribution in [0.1, 0.15) is 17.5 Å². The van der Waals surface area contributed by atoms with Gasteiger partial charge in [0.25, 0.3) is 0 Å². The third kappa shape index (κ3) is 6.47. The highest BCUT2D eigenvalue weighted by atomic mass is 35.5. The van der Waals surface area contributed by atoms with Gasteiger partial charge in [0.15, 0.2) is 16.6 Å². The lowest BCUT2D eigenvalue weighted by Crippen LogP contribution is -2.12. The summed E-state index contributed by atoms with van der Waals surface area (Å²) in [5.41, 5.74) is 8.69. The lowest BCUT2D eigenvalue weighted by molar-refractivity contribution is -0.115. The van der Waals surface area contributed by atoms with E-state index in [1.54, 1.807) is 24.3 Å². The maximum atomic E-state index is 12.6. The molecule has 4 rings (SSSR count). The molecule has 41 heavy (non-hydrogen) atoms. The van der Waals surface area contributed by atoms with Gasteiger partial charge in [-0.3, -0.25) is 4.79 Å². The molecule has 0 radical (unpaired) electrons. The molecule has 0 spiro atoms. The number of anilines is 2. The van der Waals surface area contributed by atoms with Gasteiger partial charge in [-0.15, -0.1) is 23.1 Å². The molecule has 208 valence electrons. The number of methoxy groups -OCH3 is 3. The maximum Gasteiger partial charge on any atom is 0.226 e. The van der Waals surface area contributed by atoms with E-state index >= 15 is 0 Å². The maximum absolute atomic E-state index is 12.6. The Morgan fingerprint density at radius 3 is 2.27 bits per heavy atom. The zero-order chi connectivity index (χ0) is 29.5. The zero-order valence-electron chi connectivity index (χ0n) is 22.1. The molecular formula is C28H23ClN6O4S2. The van der Waals surface area contributed by atoms with Gasteiger partial charge in [0.05, 0.1) is 32.6 Å². The van der Waals surface area contributed by atoms with Crippen LogP contribution in [0.2, 0.25) is 5.02 Å². The number of nitrogens with two attached hydrogens (primary N) is 1. The molecule has 0 saturated carbocycles. The Hall–Kier alpha value is -4.49. The largest absolute Gasteiger partial charge is 0.493 e. The molecule has 0 aliphatic rings. The van der Waals surface area contributed by atoms with E-state index in [4.69, 9.17) is 31.5 Å². The number of halogens is 1. The van der Waals surface area contributed by atoms with Gasteiger partial charge in [0.2, 0.25) is 11.7 Å². The number of nitrogens with one attached hydrogen (secondary N) is 1. The first kappa shape index (κ1) is 29.5. The van der Waals surface area contributed by atoms with Crippen molar-refractivity contribution in [2.45, 2.75) is 11.4 Å². The Morgan fingerprint density at radius 2 is 1.68 bits per heavy atom. The van der Waals surface area contributed by atoms with Crippen LogP contribution in [0.15, 0.2) is 46.8 Å². The van der Waals surface area contributed by atoms with Gasteiger partial charge in [-0.25, -0.2) is 9.97 Å². The number of hydrogen-bond donors (Lipinski definition) is 2. The highest BCUT2D eigenvalue weighted by Crippen LogP contribution is 2.44. The molecule has 0 fully saturated rings. The van der Waals surface area contributed by atoms with Crippen LogP contribution in [0.5, 0.6) is 17.2 Å². The van der Waals surface area contributed by atoms with Crippen molar-refractivity contribution >= 4 is 51.6 Å². The molecule has 1 amide bonds. The molecule has 0 saturated heterocycles. The summed E-state index contributed by atoms with van der Waals surface area (Å²) >= 11 is 8.44. The first-order valence-corrected chi connectivity index (χ1v) is 14.2. The van der Waals surface area contributed by atoms with Crippen molar-refractivity contribution in [1.82, 2.24) is 9.97 Å². The zero-order valence-corrected chi connectivity index (χ0v) is 24.5. The van der Waals surface area contributed by atoms with Crippen molar-refractivity contribution in [1.29, 1.82) is 10.5 Å². The Morgan fingerprint density at radius 1 is 1.02 bits per heavy atom. The van der Waals surface area contributed by atoms with Crippen molar-refractivity contribution in [3.05, 3.63) is 57.9 Å². The summed E-state index contributed by atoms with van der Waals surface area (Å²) in [7, 11) is 4.41. The van der Waals surface area contributed by atoms with E-state index in [2.05, 4.69) is 21.4 Å². The van der Waals surface area contributed by atoms with Crippen LogP contribution in [-0.2, 0) is 4.79 Å². The number of thioether (sulfide) groups is 1. The molecule has 2 aromatic heterocycles. The highest BCUT2D eigenvalue weighted by Gasteiger charge is 2.24. The van der Waals surface area contributed by atoms with Gasteiger partial charge in [0, 0.05) is 33.7 Å². The quantitative estimate of drug-likeness (QED) is 0.205. The lowest BCUT2D eigenvalue weighted by Gasteiger charge is -2.17. The molecule has 0 aliphatic carbocycles. The van der Waals surface area contributed by atoms with Gasteiger partial charge in [-0.1, -0.05) is 23.7 Å². The van der Waals surface area contributed by atoms with E-state index in [0.717, 1.165) is 11.3 Å². The number of carbonyl (C=O) groups is 1. The van der Waals surface area contributed by atoms with E-state index in [0.29, 0.717) is 43.7 Å². The summed E-state index contributed by atoms with van der Waals surface area (Å²) in [4.78, 5) is 21.4. The average Bonchev–Trinajstić information content (AvgIpc) is 3.44. The van der Waals surface area contributed by atoms with E-state index < -0.39 is 0 Å². The predicted molar refractivity (Wildman–Crippen MR) is 160 cm³/mol. The first-order chi connectivity index (χ1) is 19.8. The molecule has 0 atom stereocenters. The van der Waals surface area contributed by atoms with Gasteiger partial charge < -0.3 is 25.3 Å². The minimum absolute atomic E-state index is 0.0400. The summed E-state index contributed by atoms with van der Waals surface area (Å²) in [6, 6.07) is 14.7. The number of nitrogens with zero attached hydrogens (tertiary/aromatic N) is 4. The smallest absolute Gasteiger partial charge is 0.226 e. The second-order valence-corrected chi connectivity index (χ2v) is 10.6. The fourth-order valence-corrected chi connectivity index (χ4v) is 5.72. The minimum atomic E-state index is -0.250. The third-order valence-electron chi connectivity index (χ3n) is 5.83.